The number of aryl methyl sites for hydroxylation is 2. The van der Waals surface area contributed by atoms with Crippen molar-refractivity contribution in [3.05, 3.63) is 34.9 Å². The maximum absolute atomic E-state index is 14.2. The van der Waals surface area contributed by atoms with Crippen molar-refractivity contribution in [2.45, 2.75) is 32.9 Å². The molecule has 0 bridgehead atoms. The van der Waals surface area contributed by atoms with Gasteiger partial charge in [0.15, 0.2) is 0 Å². The van der Waals surface area contributed by atoms with Gasteiger partial charge in [0.1, 0.15) is 5.67 Å². The molecule has 0 amide bonds. The van der Waals surface area contributed by atoms with E-state index in [0.29, 0.717) is 6.42 Å². The van der Waals surface area contributed by atoms with E-state index in [4.69, 9.17) is 5.73 Å². The molecular weight excluding hydrogens is 177 g/mol. The first-order valence-electron chi connectivity index (χ1n) is 5.00. The second-order valence-electron chi connectivity index (χ2n) is 3.84. The molecule has 0 aromatic heterocycles. The predicted octanol–water partition coefficient (Wildman–Crippen LogP) is 2.84. The fourth-order valence-corrected chi connectivity index (χ4v) is 1.76. The highest BCUT2D eigenvalue weighted by Gasteiger charge is 2.29. The van der Waals surface area contributed by atoms with Crippen LogP contribution >= 0.6 is 0 Å². The number of nitrogens with two attached hydrogens (primary N) is 1. The van der Waals surface area contributed by atoms with E-state index < -0.39 is 5.67 Å². The van der Waals surface area contributed by atoms with Gasteiger partial charge in [-0.3, -0.25) is 0 Å². The lowest BCUT2D eigenvalue weighted by Crippen LogP contribution is -2.30. The van der Waals surface area contributed by atoms with Gasteiger partial charge in [-0.05, 0) is 31.4 Å². The molecule has 0 aliphatic heterocycles. The second kappa shape index (κ2) is 4.09. The third-order valence-electron chi connectivity index (χ3n) is 2.75. The lowest BCUT2D eigenvalue weighted by atomic mass is 9.89. The Kier molecular flexibility index (Phi) is 3.27. The number of rotatable bonds is 3. The maximum atomic E-state index is 14.2. The van der Waals surface area contributed by atoms with Crippen LogP contribution in [0, 0.1) is 13.8 Å². The summed E-state index contributed by atoms with van der Waals surface area (Å²) in [4.78, 5) is 0. The molecule has 2 N–H and O–H groups in total. The number of hydrogen-bond acceptors (Lipinski definition) is 1. The van der Waals surface area contributed by atoms with E-state index in [1.54, 1.807) is 0 Å². The zero-order valence-electron chi connectivity index (χ0n) is 9.10. The summed E-state index contributed by atoms with van der Waals surface area (Å²) in [5.74, 6) is 0. The molecule has 0 aliphatic carbocycles. The average Bonchev–Trinajstić information content (AvgIpc) is 2.17. The monoisotopic (exact) mass is 195 g/mol. The first-order valence-corrected chi connectivity index (χ1v) is 5.00. The van der Waals surface area contributed by atoms with E-state index in [1.165, 1.54) is 0 Å². The first kappa shape index (κ1) is 11.2. The Morgan fingerprint density at radius 3 is 2.43 bits per heavy atom. The second-order valence-corrected chi connectivity index (χ2v) is 3.84. The van der Waals surface area contributed by atoms with Gasteiger partial charge in [-0.1, -0.05) is 30.7 Å². The van der Waals surface area contributed by atoms with Crippen LogP contribution in [-0.2, 0) is 5.67 Å². The van der Waals surface area contributed by atoms with Gasteiger partial charge in [0.05, 0.1) is 0 Å². The third-order valence-corrected chi connectivity index (χ3v) is 2.75. The molecule has 0 fully saturated rings. The topological polar surface area (TPSA) is 26.0 Å². The van der Waals surface area contributed by atoms with Crippen molar-refractivity contribution in [2.75, 3.05) is 6.54 Å². The van der Waals surface area contributed by atoms with E-state index in [-0.39, 0.29) is 6.54 Å². The first-order chi connectivity index (χ1) is 6.53. The fraction of sp³-hybridized carbons (Fsp3) is 0.500. The number of benzene rings is 1. The fourth-order valence-electron chi connectivity index (χ4n) is 1.76. The van der Waals surface area contributed by atoms with E-state index in [9.17, 15) is 4.39 Å². The molecule has 78 valence electrons. The highest BCUT2D eigenvalue weighted by molar-refractivity contribution is 5.35. The van der Waals surface area contributed by atoms with Crippen molar-refractivity contribution >= 4 is 0 Å². The minimum atomic E-state index is -1.36. The molecule has 1 rings (SSSR count). The number of halogens is 1. The lowest BCUT2D eigenvalue weighted by Gasteiger charge is -2.24. The van der Waals surface area contributed by atoms with Crippen molar-refractivity contribution in [1.29, 1.82) is 0 Å². The number of hydrogen-bond donors (Lipinski definition) is 1. The van der Waals surface area contributed by atoms with Crippen LogP contribution in [-0.4, -0.2) is 6.54 Å². The molecule has 0 aliphatic rings. The molecule has 0 spiro atoms. The Hall–Kier alpha value is -0.890. The molecule has 1 nitrogen and oxygen atoms in total. The zero-order chi connectivity index (χ0) is 10.8. The van der Waals surface area contributed by atoms with Gasteiger partial charge < -0.3 is 5.73 Å². The Bertz CT molecular complexity index is 316. The highest BCUT2D eigenvalue weighted by Crippen LogP contribution is 2.31. The summed E-state index contributed by atoms with van der Waals surface area (Å²) in [6, 6.07) is 5.78. The van der Waals surface area contributed by atoms with Crippen LogP contribution in [0.1, 0.15) is 30.0 Å². The van der Waals surface area contributed by atoms with Crippen LogP contribution in [0.25, 0.3) is 0 Å². The zero-order valence-corrected chi connectivity index (χ0v) is 9.10. The van der Waals surface area contributed by atoms with E-state index in [1.807, 2.05) is 39.0 Å². The molecule has 1 aromatic rings. The molecule has 1 atom stereocenters. The normalized spacial score (nSPS) is 15.2. The van der Waals surface area contributed by atoms with E-state index in [0.717, 1.165) is 16.7 Å². The molecule has 14 heavy (non-hydrogen) atoms. The quantitative estimate of drug-likeness (QED) is 0.788. The van der Waals surface area contributed by atoms with Crippen LogP contribution in [0.5, 0.6) is 0 Å². The summed E-state index contributed by atoms with van der Waals surface area (Å²) in [5, 5.41) is 0. The van der Waals surface area contributed by atoms with Gasteiger partial charge in [-0.25, -0.2) is 4.39 Å². The minimum Gasteiger partial charge on any atom is -0.327 e. The standard InChI is InChI=1S/C12H18FN/c1-4-12(13,8-14)11-6-5-9(2)7-10(11)3/h5-7H,4,8,14H2,1-3H3. The molecule has 0 heterocycles. The van der Waals surface area contributed by atoms with Crippen LogP contribution in [0.4, 0.5) is 4.39 Å². The third kappa shape index (κ3) is 1.95. The van der Waals surface area contributed by atoms with Crippen molar-refractivity contribution in [2.24, 2.45) is 5.73 Å². The van der Waals surface area contributed by atoms with Crippen LogP contribution < -0.4 is 5.73 Å². The Balaban J connectivity index is 3.17. The molecule has 1 unspecified atom stereocenters. The lowest BCUT2D eigenvalue weighted by molar-refractivity contribution is 0.168. The van der Waals surface area contributed by atoms with Gasteiger partial charge in [0.25, 0.3) is 0 Å². The van der Waals surface area contributed by atoms with Crippen LogP contribution in [0.3, 0.4) is 0 Å². The van der Waals surface area contributed by atoms with Gasteiger partial charge in [-0.15, -0.1) is 0 Å². The van der Waals surface area contributed by atoms with E-state index in [2.05, 4.69) is 0 Å². The minimum absolute atomic E-state index is 0.0490. The van der Waals surface area contributed by atoms with Crippen molar-refractivity contribution in [3.8, 4) is 0 Å². The van der Waals surface area contributed by atoms with Gasteiger partial charge in [0, 0.05) is 6.54 Å². The summed E-state index contributed by atoms with van der Waals surface area (Å²) in [6.45, 7) is 5.81. The van der Waals surface area contributed by atoms with Crippen molar-refractivity contribution in [1.82, 2.24) is 0 Å². The summed E-state index contributed by atoms with van der Waals surface area (Å²) in [5.41, 5.74) is 6.99. The van der Waals surface area contributed by atoms with Gasteiger partial charge in [0.2, 0.25) is 0 Å². The average molecular weight is 195 g/mol. The molecule has 2 heteroatoms. The largest absolute Gasteiger partial charge is 0.327 e. The Labute approximate surface area is 85.1 Å². The summed E-state index contributed by atoms with van der Waals surface area (Å²) >= 11 is 0. The number of alkyl halides is 1. The smallest absolute Gasteiger partial charge is 0.148 e. The summed E-state index contributed by atoms with van der Waals surface area (Å²) < 4.78 is 14.2. The molecule has 0 radical (unpaired) electrons. The molecule has 0 saturated carbocycles. The van der Waals surface area contributed by atoms with Gasteiger partial charge >= 0.3 is 0 Å². The predicted molar refractivity (Wildman–Crippen MR) is 58.0 cm³/mol. The Morgan fingerprint density at radius 2 is 2.00 bits per heavy atom. The SMILES string of the molecule is CCC(F)(CN)c1ccc(C)cc1C. The van der Waals surface area contributed by atoms with Crippen LogP contribution in [0.2, 0.25) is 0 Å². The summed E-state index contributed by atoms with van der Waals surface area (Å²) in [6.07, 6.45) is 0.424. The summed E-state index contributed by atoms with van der Waals surface area (Å²) in [7, 11) is 0. The van der Waals surface area contributed by atoms with Crippen molar-refractivity contribution < 1.29 is 4.39 Å². The maximum Gasteiger partial charge on any atom is 0.148 e. The highest BCUT2D eigenvalue weighted by atomic mass is 19.1. The molecular formula is C12H18FN. The molecule has 1 aromatic carbocycles. The van der Waals surface area contributed by atoms with Crippen molar-refractivity contribution in [3.63, 3.8) is 0 Å². The molecule has 0 saturated heterocycles. The van der Waals surface area contributed by atoms with Gasteiger partial charge in [-0.2, -0.15) is 0 Å². The van der Waals surface area contributed by atoms with E-state index >= 15 is 0 Å². The Morgan fingerprint density at radius 1 is 1.36 bits per heavy atom. The van der Waals surface area contributed by atoms with Crippen LogP contribution in [0.15, 0.2) is 18.2 Å².